The van der Waals surface area contributed by atoms with Crippen LogP contribution in [0.15, 0.2) is 67.1 Å². The Morgan fingerprint density at radius 2 is 1.93 bits per heavy atom. The van der Waals surface area contributed by atoms with Crippen molar-refractivity contribution >= 4 is 27.6 Å². The molecule has 0 bridgehead atoms. The fraction of sp³-hybridized carbons (Fsp3) is 0.217. The lowest BCUT2D eigenvalue weighted by Crippen LogP contribution is -2.08. The molecule has 4 rings (SSSR count). The Balaban J connectivity index is 1.59. The molecule has 4 nitrogen and oxygen atoms in total. The summed E-state index contributed by atoms with van der Waals surface area (Å²) < 4.78 is 20.0. The third-order valence-electron chi connectivity index (χ3n) is 4.86. The monoisotopic (exact) mass is 376 g/mol. The van der Waals surface area contributed by atoms with Gasteiger partial charge in [-0.25, -0.2) is 4.79 Å². The van der Waals surface area contributed by atoms with Gasteiger partial charge in [-0.1, -0.05) is 18.2 Å². The maximum atomic E-state index is 12.9. The Kier molecular flexibility index (Phi) is 5.33. The zero-order valence-electron chi connectivity index (χ0n) is 15.5. The molecule has 0 aliphatic rings. The number of hydrogen-bond donors (Lipinski definition) is 0. The number of rotatable bonds is 7. The first-order valence-electron chi connectivity index (χ1n) is 9.46. The van der Waals surface area contributed by atoms with E-state index in [1.165, 1.54) is 0 Å². The highest BCUT2D eigenvalue weighted by atomic mass is 19.1. The highest BCUT2D eigenvalue weighted by Gasteiger charge is 2.17. The van der Waals surface area contributed by atoms with Crippen LogP contribution in [0.5, 0.6) is 5.75 Å². The van der Waals surface area contributed by atoms with Gasteiger partial charge < -0.3 is 9.30 Å². The second-order valence-electron chi connectivity index (χ2n) is 6.78. The number of carbonyl (C=O) groups excluding carboxylic acids is 1. The highest BCUT2D eigenvalue weighted by molar-refractivity contribution is 6.05. The van der Waals surface area contributed by atoms with Crippen LogP contribution in [0.2, 0.25) is 0 Å². The van der Waals surface area contributed by atoms with Crippen LogP contribution in [0, 0.1) is 0 Å². The number of halogens is 1. The molecule has 0 unspecified atom stereocenters. The minimum atomic E-state index is -0.382. The van der Waals surface area contributed by atoms with Crippen molar-refractivity contribution in [1.82, 2.24) is 9.55 Å². The molecule has 2 aromatic heterocycles. The predicted octanol–water partition coefficient (Wildman–Crippen LogP) is 5.55. The third kappa shape index (κ3) is 3.74. The van der Waals surface area contributed by atoms with Crippen LogP contribution in [0.25, 0.3) is 21.7 Å². The fourth-order valence-electron chi connectivity index (χ4n) is 3.43. The molecule has 0 saturated carbocycles. The predicted molar refractivity (Wildman–Crippen MR) is 108 cm³/mol. The maximum Gasteiger partial charge on any atom is 0.345 e. The summed E-state index contributed by atoms with van der Waals surface area (Å²) in [6.07, 6.45) is 7.60. The molecule has 0 saturated heterocycles. The fourth-order valence-corrected chi connectivity index (χ4v) is 3.43. The molecule has 0 atom stereocenters. The summed E-state index contributed by atoms with van der Waals surface area (Å²) in [6, 6.07) is 15.2. The van der Waals surface area contributed by atoms with Crippen molar-refractivity contribution < 1.29 is 13.9 Å². The van der Waals surface area contributed by atoms with Crippen LogP contribution in [-0.2, 0) is 6.54 Å². The van der Waals surface area contributed by atoms with E-state index in [9.17, 15) is 9.18 Å². The minimum absolute atomic E-state index is 0.286. The summed E-state index contributed by atoms with van der Waals surface area (Å²) in [4.78, 5) is 16.9. The molecule has 0 aliphatic heterocycles. The lowest BCUT2D eigenvalue weighted by molar-refractivity contribution is 0.0737. The van der Waals surface area contributed by atoms with Crippen molar-refractivity contribution in [3.63, 3.8) is 0 Å². The van der Waals surface area contributed by atoms with Gasteiger partial charge in [0.05, 0.1) is 12.2 Å². The standard InChI is InChI=1S/C23H21FN2O2/c24-11-4-1-5-13-26-16-21(20-6-2-3-7-22(20)26)23(27)28-19-9-8-18-15-25-12-10-17(18)14-19/h2-3,6-10,12,14-16H,1,4-5,11,13H2. The van der Waals surface area contributed by atoms with Gasteiger partial charge in [0.15, 0.2) is 0 Å². The molecular weight excluding hydrogens is 355 g/mol. The Bertz CT molecular complexity index is 1120. The minimum Gasteiger partial charge on any atom is -0.423 e. The summed E-state index contributed by atoms with van der Waals surface area (Å²) in [5.41, 5.74) is 1.52. The molecule has 0 aliphatic carbocycles. The van der Waals surface area contributed by atoms with Gasteiger partial charge in [0.25, 0.3) is 0 Å². The van der Waals surface area contributed by atoms with Gasteiger partial charge in [-0.3, -0.25) is 9.37 Å². The van der Waals surface area contributed by atoms with Crippen LogP contribution in [0.3, 0.4) is 0 Å². The molecule has 5 heteroatoms. The number of nitrogens with zero attached hydrogens (tertiary/aromatic N) is 2. The van der Waals surface area contributed by atoms with Gasteiger partial charge in [-0.2, -0.15) is 0 Å². The average Bonchev–Trinajstić information content (AvgIpc) is 3.10. The smallest absolute Gasteiger partial charge is 0.345 e. The zero-order chi connectivity index (χ0) is 19.3. The zero-order valence-corrected chi connectivity index (χ0v) is 15.5. The molecule has 0 amide bonds. The molecule has 2 heterocycles. The summed E-state index contributed by atoms with van der Waals surface area (Å²) in [5.74, 6) is 0.121. The van der Waals surface area contributed by atoms with Crippen molar-refractivity contribution in [3.05, 3.63) is 72.7 Å². The highest BCUT2D eigenvalue weighted by Crippen LogP contribution is 2.25. The van der Waals surface area contributed by atoms with Gasteiger partial charge in [-0.15, -0.1) is 0 Å². The van der Waals surface area contributed by atoms with Crippen molar-refractivity contribution in [3.8, 4) is 5.75 Å². The topological polar surface area (TPSA) is 44.1 Å². The summed E-state index contributed by atoms with van der Waals surface area (Å²) in [5, 5.41) is 2.82. The molecule has 0 spiro atoms. The summed E-state index contributed by atoms with van der Waals surface area (Å²) in [6.45, 7) is 0.461. The van der Waals surface area contributed by atoms with Crippen molar-refractivity contribution in [2.75, 3.05) is 6.67 Å². The van der Waals surface area contributed by atoms with Gasteiger partial charge in [0.2, 0.25) is 0 Å². The van der Waals surface area contributed by atoms with Gasteiger partial charge in [0.1, 0.15) is 5.75 Å². The number of unbranched alkanes of at least 4 members (excludes halogenated alkanes) is 2. The molecule has 0 N–H and O–H groups in total. The molecule has 4 aromatic rings. The van der Waals surface area contributed by atoms with E-state index in [4.69, 9.17) is 4.74 Å². The number of benzene rings is 2. The summed E-state index contributed by atoms with van der Waals surface area (Å²) in [7, 11) is 0. The van der Waals surface area contributed by atoms with E-state index in [2.05, 4.69) is 9.55 Å². The van der Waals surface area contributed by atoms with Crippen LogP contribution in [-0.4, -0.2) is 22.2 Å². The number of aromatic nitrogens is 2. The Hall–Kier alpha value is -3.21. The van der Waals surface area contributed by atoms with E-state index < -0.39 is 0 Å². The van der Waals surface area contributed by atoms with Gasteiger partial charge in [0, 0.05) is 41.4 Å². The number of alkyl halides is 1. The van der Waals surface area contributed by atoms with Crippen LogP contribution in [0.1, 0.15) is 29.6 Å². The average molecular weight is 376 g/mol. The first-order chi connectivity index (χ1) is 13.8. The molecular formula is C23H21FN2O2. The number of para-hydroxylation sites is 1. The van der Waals surface area contributed by atoms with E-state index >= 15 is 0 Å². The lowest BCUT2D eigenvalue weighted by Gasteiger charge is -2.05. The van der Waals surface area contributed by atoms with Crippen LogP contribution in [0.4, 0.5) is 4.39 Å². The molecule has 2 aromatic carbocycles. The maximum absolute atomic E-state index is 12.9. The first-order valence-corrected chi connectivity index (χ1v) is 9.46. The molecule has 0 fully saturated rings. The second-order valence-corrected chi connectivity index (χ2v) is 6.78. The quantitative estimate of drug-likeness (QED) is 0.241. The SMILES string of the molecule is O=C(Oc1ccc2cnccc2c1)c1cn(CCCCCF)c2ccccc12. The number of esters is 1. The number of ether oxygens (including phenoxy) is 1. The Morgan fingerprint density at radius 1 is 1.04 bits per heavy atom. The Morgan fingerprint density at radius 3 is 2.82 bits per heavy atom. The second kappa shape index (κ2) is 8.21. The van der Waals surface area contributed by atoms with E-state index in [1.54, 1.807) is 18.5 Å². The van der Waals surface area contributed by atoms with E-state index in [1.807, 2.05) is 48.7 Å². The number of pyridine rings is 1. The molecule has 28 heavy (non-hydrogen) atoms. The van der Waals surface area contributed by atoms with Gasteiger partial charge in [-0.05, 0) is 55.0 Å². The number of fused-ring (bicyclic) bond motifs is 2. The first kappa shape index (κ1) is 18.2. The molecule has 0 radical (unpaired) electrons. The van der Waals surface area contributed by atoms with Crippen LogP contribution < -0.4 is 4.74 Å². The normalized spacial score (nSPS) is 11.2. The van der Waals surface area contributed by atoms with Crippen LogP contribution >= 0.6 is 0 Å². The third-order valence-corrected chi connectivity index (χ3v) is 4.86. The van der Waals surface area contributed by atoms with E-state index in [-0.39, 0.29) is 12.6 Å². The van der Waals surface area contributed by atoms with E-state index in [0.717, 1.165) is 41.1 Å². The lowest BCUT2D eigenvalue weighted by atomic mass is 10.1. The Labute approximate surface area is 162 Å². The largest absolute Gasteiger partial charge is 0.423 e. The van der Waals surface area contributed by atoms with Gasteiger partial charge >= 0.3 is 5.97 Å². The van der Waals surface area contributed by atoms with Crippen molar-refractivity contribution in [2.45, 2.75) is 25.8 Å². The van der Waals surface area contributed by atoms with Crippen molar-refractivity contribution in [2.24, 2.45) is 0 Å². The molecule has 142 valence electrons. The number of hydrogen-bond acceptors (Lipinski definition) is 3. The van der Waals surface area contributed by atoms with Crippen molar-refractivity contribution in [1.29, 1.82) is 0 Å². The summed E-state index contributed by atoms with van der Waals surface area (Å²) >= 11 is 0. The number of carbonyl (C=O) groups is 1. The van der Waals surface area contributed by atoms with E-state index in [0.29, 0.717) is 17.7 Å². The number of aryl methyl sites for hydroxylation is 1.